The largest absolute Gasteiger partial charge is 0.378 e. The van der Waals surface area contributed by atoms with Gasteiger partial charge < -0.3 is 4.90 Å². The summed E-state index contributed by atoms with van der Waals surface area (Å²) in [6, 6.07) is 13.3. The van der Waals surface area contributed by atoms with Crippen molar-refractivity contribution < 1.29 is 18.4 Å². The van der Waals surface area contributed by atoms with Gasteiger partial charge >= 0.3 is 0 Å². The van der Waals surface area contributed by atoms with Gasteiger partial charge in [0.1, 0.15) is 5.25 Å². The van der Waals surface area contributed by atoms with Crippen LogP contribution in [0.5, 0.6) is 0 Å². The van der Waals surface area contributed by atoms with Gasteiger partial charge in [0.05, 0.1) is 17.2 Å². The Morgan fingerprint density at radius 2 is 1.81 bits per heavy atom. The highest BCUT2D eigenvalue weighted by molar-refractivity contribution is 7.92. The second-order valence-electron chi connectivity index (χ2n) is 7.50. The van der Waals surface area contributed by atoms with Crippen molar-refractivity contribution in [3.8, 4) is 11.1 Å². The summed E-state index contributed by atoms with van der Waals surface area (Å²) in [6.07, 6.45) is 2.06. The molecular weight excluding hydrogens is 420 g/mol. The summed E-state index contributed by atoms with van der Waals surface area (Å²) in [7, 11) is 0.176. The van der Waals surface area contributed by atoms with Gasteiger partial charge in [0.2, 0.25) is 0 Å². The van der Waals surface area contributed by atoms with Crippen LogP contribution in [0, 0.1) is 0 Å². The van der Waals surface area contributed by atoms with Crippen LogP contribution in [0.3, 0.4) is 0 Å². The van der Waals surface area contributed by atoms with Crippen LogP contribution in [0.1, 0.15) is 6.42 Å². The van der Waals surface area contributed by atoms with E-state index in [4.69, 9.17) is 5.21 Å². The zero-order valence-electron chi connectivity index (χ0n) is 17.4. The minimum absolute atomic E-state index is 0.0410. The van der Waals surface area contributed by atoms with Gasteiger partial charge in [-0.05, 0) is 41.8 Å². The third-order valence-electron chi connectivity index (χ3n) is 5.09. The number of sulfone groups is 1. The number of carbonyl (C=O) groups excluding carboxylic acids is 1. The second kappa shape index (κ2) is 8.86. The van der Waals surface area contributed by atoms with Gasteiger partial charge in [-0.1, -0.05) is 18.2 Å². The summed E-state index contributed by atoms with van der Waals surface area (Å²) >= 11 is 0. The number of nitrogens with one attached hydrogen (secondary N) is 1. The Hall–Kier alpha value is -3.24. The van der Waals surface area contributed by atoms with Crippen LogP contribution in [0.2, 0.25) is 0 Å². The van der Waals surface area contributed by atoms with E-state index in [9.17, 15) is 18.0 Å². The minimum atomic E-state index is -3.76. The van der Waals surface area contributed by atoms with E-state index in [1.807, 2.05) is 55.4 Å². The number of carbonyl (C=O) groups is 1. The maximum atomic E-state index is 12.8. The topological polar surface area (TPSA) is 122 Å². The molecule has 1 atom stereocenters. The highest BCUT2D eigenvalue weighted by Gasteiger charge is 2.28. The van der Waals surface area contributed by atoms with E-state index in [0.29, 0.717) is 10.9 Å². The van der Waals surface area contributed by atoms with Gasteiger partial charge in [-0.25, -0.2) is 18.9 Å². The fourth-order valence-corrected chi connectivity index (χ4v) is 4.29. The van der Waals surface area contributed by atoms with Crippen molar-refractivity contribution in [3.05, 3.63) is 59.1 Å². The van der Waals surface area contributed by atoms with Crippen molar-refractivity contribution >= 4 is 32.3 Å². The zero-order chi connectivity index (χ0) is 22.8. The van der Waals surface area contributed by atoms with E-state index in [1.165, 1.54) is 16.4 Å². The van der Waals surface area contributed by atoms with Crippen LogP contribution in [0.4, 0.5) is 5.69 Å². The summed E-state index contributed by atoms with van der Waals surface area (Å²) in [4.78, 5) is 30.8. The highest BCUT2D eigenvalue weighted by Crippen LogP contribution is 2.24. The average molecular weight is 445 g/mol. The molecule has 0 fully saturated rings. The maximum absolute atomic E-state index is 12.8. The van der Waals surface area contributed by atoms with E-state index >= 15 is 0 Å². The normalized spacial score (nSPS) is 12.5. The number of hydrogen-bond acceptors (Lipinski definition) is 7. The molecule has 2 N–H and O–H groups in total. The first-order valence-electron chi connectivity index (χ1n) is 9.51. The van der Waals surface area contributed by atoms with Gasteiger partial charge in [-0.15, -0.1) is 0 Å². The molecule has 0 aliphatic heterocycles. The van der Waals surface area contributed by atoms with Gasteiger partial charge in [-0.3, -0.25) is 19.4 Å². The van der Waals surface area contributed by atoms with Crippen LogP contribution < -0.4 is 15.9 Å². The van der Waals surface area contributed by atoms with Crippen molar-refractivity contribution in [2.45, 2.75) is 18.2 Å². The number of amides is 1. The standard InChI is InChI=1S/C21H24N4O5S/c1-24(2)16-7-4-14(5-8-16)15-6-9-17-18(12-15)22-13-25(21(17)27)11-10-19(20(26)23-28)31(3,29)30/h4-9,12-13,19,28H,10-11H2,1-3H3,(H,23,26)/t19-/m1/s1. The van der Waals surface area contributed by atoms with E-state index in [1.54, 1.807) is 6.07 Å². The first-order chi connectivity index (χ1) is 14.6. The lowest BCUT2D eigenvalue weighted by molar-refractivity contribution is -0.128. The number of benzene rings is 2. The molecule has 0 spiro atoms. The minimum Gasteiger partial charge on any atom is -0.378 e. The number of nitrogens with zero attached hydrogens (tertiary/aromatic N) is 3. The summed E-state index contributed by atoms with van der Waals surface area (Å²) in [6.45, 7) is -0.0410. The number of hydrogen-bond donors (Lipinski definition) is 2. The fourth-order valence-electron chi connectivity index (χ4n) is 3.32. The van der Waals surface area contributed by atoms with Crippen LogP contribution in [0.25, 0.3) is 22.0 Å². The Balaban J connectivity index is 1.88. The van der Waals surface area contributed by atoms with Gasteiger partial charge in [0, 0.05) is 32.6 Å². The van der Waals surface area contributed by atoms with Gasteiger partial charge in [0.25, 0.3) is 11.5 Å². The van der Waals surface area contributed by atoms with Gasteiger partial charge in [-0.2, -0.15) is 0 Å². The maximum Gasteiger partial charge on any atom is 0.261 e. The molecule has 164 valence electrons. The average Bonchev–Trinajstić information content (AvgIpc) is 2.74. The molecule has 0 bridgehead atoms. The Labute approximate surface area is 179 Å². The molecule has 0 saturated heterocycles. The van der Waals surface area contributed by atoms with E-state index in [2.05, 4.69) is 4.98 Å². The molecule has 1 amide bonds. The highest BCUT2D eigenvalue weighted by atomic mass is 32.2. The zero-order valence-corrected chi connectivity index (χ0v) is 18.3. The van der Waals surface area contributed by atoms with Crippen molar-refractivity contribution in [2.75, 3.05) is 25.3 Å². The molecule has 2 aromatic carbocycles. The molecule has 31 heavy (non-hydrogen) atoms. The van der Waals surface area contributed by atoms with Crippen molar-refractivity contribution in [1.82, 2.24) is 15.0 Å². The number of aromatic nitrogens is 2. The van der Waals surface area contributed by atoms with Crippen molar-refractivity contribution in [1.29, 1.82) is 0 Å². The van der Waals surface area contributed by atoms with E-state index in [0.717, 1.165) is 23.1 Å². The quantitative estimate of drug-likeness (QED) is 0.418. The fraction of sp³-hybridized carbons (Fsp3) is 0.286. The summed E-state index contributed by atoms with van der Waals surface area (Å²) in [5, 5.41) is 7.70. The summed E-state index contributed by atoms with van der Waals surface area (Å²) < 4.78 is 24.9. The summed E-state index contributed by atoms with van der Waals surface area (Å²) in [5.74, 6) is -1.03. The van der Waals surface area contributed by atoms with Crippen LogP contribution in [-0.2, 0) is 21.2 Å². The van der Waals surface area contributed by atoms with Gasteiger partial charge in [0.15, 0.2) is 9.84 Å². The van der Waals surface area contributed by atoms with E-state index < -0.39 is 21.0 Å². The molecule has 0 unspecified atom stereocenters. The lowest BCUT2D eigenvalue weighted by Gasteiger charge is -2.14. The Bertz CT molecular complexity index is 1270. The van der Waals surface area contributed by atoms with Crippen molar-refractivity contribution in [3.63, 3.8) is 0 Å². The number of aryl methyl sites for hydroxylation is 1. The third-order valence-corrected chi connectivity index (χ3v) is 6.58. The smallest absolute Gasteiger partial charge is 0.261 e. The molecular formula is C21H24N4O5S. The number of anilines is 1. The molecule has 0 radical (unpaired) electrons. The SMILES string of the molecule is CN(C)c1ccc(-c2ccc3c(=O)n(CC[C@H](C(=O)NO)S(C)(=O)=O)cnc3c2)cc1. The Kier molecular flexibility index (Phi) is 6.42. The molecule has 0 saturated carbocycles. The van der Waals surface area contributed by atoms with Crippen LogP contribution in [0.15, 0.2) is 53.6 Å². The Morgan fingerprint density at radius 1 is 1.16 bits per heavy atom. The first kappa shape index (κ1) is 22.4. The number of fused-ring (bicyclic) bond motifs is 1. The lowest BCUT2D eigenvalue weighted by atomic mass is 10.0. The predicted octanol–water partition coefficient (Wildman–Crippen LogP) is 1.44. The molecule has 1 heterocycles. The molecule has 1 aromatic heterocycles. The summed E-state index contributed by atoms with van der Waals surface area (Å²) in [5.41, 5.74) is 4.52. The third kappa shape index (κ3) is 4.92. The van der Waals surface area contributed by atoms with E-state index in [-0.39, 0.29) is 18.5 Å². The second-order valence-corrected chi connectivity index (χ2v) is 9.73. The molecule has 3 aromatic rings. The van der Waals surface area contributed by atoms with Crippen LogP contribution in [-0.4, -0.2) is 54.7 Å². The monoisotopic (exact) mass is 444 g/mol. The lowest BCUT2D eigenvalue weighted by Crippen LogP contribution is -2.39. The van der Waals surface area contributed by atoms with Crippen molar-refractivity contribution in [2.24, 2.45) is 0 Å². The molecule has 0 aliphatic carbocycles. The molecule has 9 nitrogen and oxygen atoms in total. The molecule has 10 heteroatoms. The Morgan fingerprint density at radius 3 is 2.39 bits per heavy atom. The first-order valence-corrected chi connectivity index (χ1v) is 11.5. The number of rotatable bonds is 7. The molecule has 3 rings (SSSR count). The predicted molar refractivity (Wildman–Crippen MR) is 119 cm³/mol. The van der Waals surface area contributed by atoms with Crippen LogP contribution >= 0.6 is 0 Å². The number of hydroxylamine groups is 1. The molecule has 0 aliphatic rings.